The number of nitrogens with zero attached hydrogens (tertiary/aromatic N) is 2. The second kappa shape index (κ2) is 9.05. The molecule has 0 unspecified atom stereocenters. The topological polar surface area (TPSA) is 87.3 Å². The van der Waals surface area contributed by atoms with Gasteiger partial charge in [-0.3, -0.25) is 14.6 Å². The molecule has 2 aliphatic rings. The zero-order chi connectivity index (χ0) is 20.1. The Morgan fingerprint density at radius 3 is 2.76 bits per heavy atom. The van der Waals surface area contributed by atoms with Crippen LogP contribution in [0.4, 0.5) is 5.69 Å². The van der Waals surface area contributed by atoms with Gasteiger partial charge in [0.05, 0.1) is 6.04 Å². The number of anilines is 1. The third-order valence-corrected chi connectivity index (χ3v) is 5.54. The lowest BCUT2D eigenvalue weighted by molar-refractivity contribution is -0.129. The Balaban J connectivity index is 1.28. The number of hydrogen-bond donors (Lipinski definition) is 2. The Kier molecular flexibility index (Phi) is 6.05. The van der Waals surface area contributed by atoms with E-state index in [0.717, 1.165) is 43.6 Å². The molecular formula is C22H26N4O3. The van der Waals surface area contributed by atoms with E-state index in [1.165, 1.54) is 0 Å². The molecule has 1 amide bonds. The second-order valence-corrected chi connectivity index (χ2v) is 7.65. The van der Waals surface area contributed by atoms with Crippen LogP contribution in [0, 0.1) is 5.92 Å². The average Bonchev–Trinajstić information content (AvgIpc) is 2.73. The Bertz CT molecular complexity index is 913. The first-order valence-electron chi connectivity index (χ1n) is 10.1. The number of carbonyl (C=O) groups excluding carboxylic acids is 1. The number of amides is 1. The summed E-state index contributed by atoms with van der Waals surface area (Å²) in [5.74, 6) is 0.660. The van der Waals surface area contributed by atoms with Crippen LogP contribution in [0.25, 0.3) is 11.1 Å². The lowest BCUT2D eigenvalue weighted by Gasteiger charge is -2.39. The minimum Gasteiger partial charge on any atom is -0.381 e. The fraction of sp³-hybridized carbons (Fsp3) is 0.409. The summed E-state index contributed by atoms with van der Waals surface area (Å²) in [5, 5.41) is 3.26. The molecule has 4 rings (SSSR count). The van der Waals surface area contributed by atoms with E-state index < -0.39 is 0 Å². The van der Waals surface area contributed by atoms with E-state index in [2.05, 4.69) is 15.3 Å². The highest BCUT2D eigenvalue weighted by Gasteiger charge is 2.29. The van der Waals surface area contributed by atoms with Crippen molar-refractivity contribution in [1.29, 1.82) is 0 Å². The molecule has 0 aromatic carbocycles. The van der Waals surface area contributed by atoms with E-state index in [0.29, 0.717) is 24.7 Å². The van der Waals surface area contributed by atoms with Crippen LogP contribution < -0.4 is 10.9 Å². The van der Waals surface area contributed by atoms with Crippen molar-refractivity contribution in [2.24, 2.45) is 5.92 Å². The third-order valence-electron chi connectivity index (χ3n) is 5.54. The zero-order valence-electron chi connectivity index (χ0n) is 16.3. The fourth-order valence-electron chi connectivity index (χ4n) is 3.72. The van der Waals surface area contributed by atoms with Gasteiger partial charge in [0.1, 0.15) is 5.69 Å². The Morgan fingerprint density at radius 2 is 2.00 bits per heavy atom. The van der Waals surface area contributed by atoms with Gasteiger partial charge in [0.15, 0.2) is 0 Å². The number of carbonyl (C=O) groups is 1. The van der Waals surface area contributed by atoms with Crippen LogP contribution in [0.2, 0.25) is 0 Å². The van der Waals surface area contributed by atoms with Gasteiger partial charge in [-0.2, -0.15) is 0 Å². The number of aromatic nitrogens is 2. The molecule has 0 aliphatic carbocycles. The summed E-state index contributed by atoms with van der Waals surface area (Å²) in [7, 11) is 0. The first-order chi connectivity index (χ1) is 14.2. The Morgan fingerprint density at radius 1 is 1.24 bits per heavy atom. The number of H-pyrrole nitrogens is 1. The number of hydrogen-bond acceptors (Lipinski definition) is 5. The van der Waals surface area contributed by atoms with Gasteiger partial charge in [0.25, 0.3) is 5.56 Å². The van der Waals surface area contributed by atoms with Gasteiger partial charge in [-0.1, -0.05) is 6.08 Å². The Hall–Kier alpha value is -2.93. The van der Waals surface area contributed by atoms with Gasteiger partial charge in [0, 0.05) is 50.5 Å². The van der Waals surface area contributed by atoms with Crippen molar-refractivity contribution in [2.75, 3.05) is 31.6 Å². The molecule has 2 saturated heterocycles. The molecule has 152 valence electrons. The van der Waals surface area contributed by atoms with Crippen LogP contribution in [0.3, 0.4) is 0 Å². The van der Waals surface area contributed by atoms with Gasteiger partial charge in [-0.05, 0) is 55.0 Å². The predicted molar refractivity (Wildman–Crippen MR) is 112 cm³/mol. The number of rotatable bonds is 6. The van der Waals surface area contributed by atoms with Crippen molar-refractivity contribution in [1.82, 2.24) is 14.9 Å². The van der Waals surface area contributed by atoms with Crippen LogP contribution in [0.1, 0.15) is 19.3 Å². The van der Waals surface area contributed by atoms with Crippen LogP contribution in [0.5, 0.6) is 0 Å². The second-order valence-electron chi connectivity index (χ2n) is 7.65. The first-order valence-corrected chi connectivity index (χ1v) is 10.1. The highest BCUT2D eigenvalue weighted by atomic mass is 16.5. The fourth-order valence-corrected chi connectivity index (χ4v) is 3.72. The smallest absolute Gasteiger partial charge is 0.271 e. The van der Waals surface area contributed by atoms with Gasteiger partial charge < -0.3 is 19.9 Å². The summed E-state index contributed by atoms with van der Waals surface area (Å²) < 4.78 is 5.36. The van der Waals surface area contributed by atoms with E-state index in [4.69, 9.17) is 4.74 Å². The molecule has 0 spiro atoms. The van der Waals surface area contributed by atoms with Gasteiger partial charge in [0.2, 0.25) is 5.91 Å². The number of pyridine rings is 2. The summed E-state index contributed by atoms with van der Waals surface area (Å²) >= 11 is 0. The van der Waals surface area contributed by atoms with Crippen molar-refractivity contribution in [2.45, 2.75) is 25.3 Å². The van der Waals surface area contributed by atoms with Gasteiger partial charge in [-0.15, -0.1) is 0 Å². The first kappa shape index (κ1) is 19.4. The van der Waals surface area contributed by atoms with Crippen molar-refractivity contribution in [3.8, 4) is 11.1 Å². The summed E-state index contributed by atoms with van der Waals surface area (Å²) in [5.41, 5.74) is 2.26. The quantitative estimate of drug-likeness (QED) is 0.735. The normalized spacial score (nSPS) is 18.0. The maximum atomic E-state index is 12.3. The van der Waals surface area contributed by atoms with E-state index >= 15 is 0 Å². The maximum Gasteiger partial charge on any atom is 0.271 e. The molecule has 7 heteroatoms. The number of ether oxygens (including phenoxy) is 1. The number of nitrogens with one attached hydrogen (secondary N) is 2. The molecule has 0 saturated carbocycles. The van der Waals surface area contributed by atoms with Crippen LogP contribution in [-0.2, 0) is 9.53 Å². The summed E-state index contributed by atoms with van der Waals surface area (Å²) in [6, 6.07) is 5.71. The molecule has 29 heavy (non-hydrogen) atoms. The minimum absolute atomic E-state index is 0.0366. The van der Waals surface area contributed by atoms with E-state index in [1.807, 2.05) is 24.3 Å². The largest absolute Gasteiger partial charge is 0.381 e. The van der Waals surface area contributed by atoms with Crippen molar-refractivity contribution >= 4 is 11.6 Å². The molecule has 2 N–H and O–H groups in total. The van der Waals surface area contributed by atoms with Crippen LogP contribution in [-0.4, -0.2) is 53.1 Å². The van der Waals surface area contributed by atoms with Crippen molar-refractivity contribution in [3.05, 3.63) is 59.3 Å². The summed E-state index contributed by atoms with van der Waals surface area (Å²) in [6.07, 6.45) is 11.9. The molecule has 2 aromatic rings. The number of aromatic amines is 1. The molecule has 4 heterocycles. The average molecular weight is 394 g/mol. The lowest BCUT2D eigenvalue weighted by atomic mass is 9.96. The van der Waals surface area contributed by atoms with E-state index in [1.54, 1.807) is 29.6 Å². The third kappa shape index (κ3) is 4.92. The molecule has 0 radical (unpaired) electrons. The molecule has 2 fully saturated rings. The van der Waals surface area contributed by atoms with Crippen molar-refractivity contribution < 1.29 is 9.53 Å². The van der Waals surface area contributed by atoms with E-state index in [-0.39, 0.29) is 17.5 Å². The highest BCUT2D eigenvalue weighted by Crippen LogP contribution is 2.21. The molecule has 0 atom stereocenters. The van der Waals surface area contributed by atoms with E-state index in [9.17, 15) is 9.59 Å². The summed E-state index contributed by atoms with van der Waals surface area (Å²) in [4.78, 5) is 33.0. The lowest BCUT2D eigenvalue weighted by Crippen LogP contribution is -2.57. The zero-order valence-corrected chi connectivity index (χ0v) is 16.3. The van der Waals surface area contributed by atoms with Crippen molar-refractivity contribution in [3.63, 3.8) is 0 Å². The number of allylic oxidation sites excluding steroid dienone is 1. The monoisotopic (exact) mass is 394 g/mol. The SMILES string of the molecule is O=C(/C=C/CC1CCOCC1)N1CC(Nc2cc(-c3ccncc3)c[nH]c2=O)C1. The highest BCUT2D eigenvalue weighted by molar-refractivity contribution is 5.88. The Labute approximate surface area is 169 Å². The van der Waals surface area contributed by atoms with Crippen LogP contribution in [0.15, 0.2) is 53.7 Å². The maximum absolute atomic E-state index is 12.3. The molecule has 2 aromatic heterocycles. The standard InChI is InChI=1S/C22H26N4O3/c27-21(3-1-2-16-6-10-29-11-7-16)26-14-19(15-26)25-20-12-18(13-24-22(20)28)17-4-8-23-9-5-17/h1,3-5,8-9,12-13,16,19,25H,2,6-7,10-11,14-15H2,(H,24,28)/b3-1+. The predicted octanol–water partition coefficient (Wildman–Crippen LogP) is 2.43. The minimum atomic E-state index is -0.163. The molecule has 7 nitrogen and oxygen atoms in total. The van der Waals surface area contributed by atoms with Gasteiger partial charge >= 0.3 is 0 Å². The number of likely N-dealkylation sites (tertiary alicyclic amines) is 1. The molecule has 2 aliphatic heterocycles. The molecular weight excluding hydrogens is 368 g/mol. The van der Waals surface area contributed by atoms with Crippen LogP contribution >= 0.6 is 0 Å². The van der Waals surface area contributed by atoms with Gasteiger partial charge in [-0.25, -0.2) is 0 Å². The molecule has 0 bridgehead atoms. The summed E-state index contributed by atoms with van der Waals surface area (Å²) in [6.45, 7) is 2.85.